The summed E-state index contributed by atoms with van der Waals surface area (Å²) in [6, 6.07) is 14.3. The lowest BCUT2D eigenvalue weighted by Gasteiger charge is -2.21. The molecule has 0 unspecified atom stereocenters. The maximum absolute atomic E-state index is 10.8. The van der Waals surface area contributed by atoms with Crippen LogP contribution in [0.3, 0.4) is 0 Å². The second-order valence-corrected chi connectivity index (χ2v) is 8.12. The highest BCUT2D eigenvalue weighted by Crippen LogP contribution is 2.28. The molecule has 11 heteroatoms. The van der Waals surface area contributed by atoms with Crippen molar-refractivity contribution in [2.24, 2.45) is 7.05 Å². The molecule has 2 heterocycles. The monoisotopic (exact) mass is 465 g/mol. The van der Waals surface area contributed by atoms with E-state index in [0.29, 0.717) is 23.1 Å². The van der Waals surface area contributed by atoms with Crippen LogP contribution in [-0.4, -0.2) is 43.0 Å². The molecule has 0 radical (unpaired) electrons. The van der Waals surface area contributed by atoms with Gasteiger partial charge in [0.25, 0.3) is 5.69 Å². The standard InChI is InChI=1S/C22H23N7O3S/c1-4-28(5-2)17-10-6-15(7-11-17)20-24-26-22(27(20)3)33-14-19-23-25-21(32-19)16-8-12-18(13-9-16)29(30)31/h6-13H,4-5,14H2,1-3H3. The van der Waals surface area contributed by atoms with Gasteiger partial charge in [-0.15, -0.1) is 20.4 Å². The first-order valence-corrected chi connectivity index (χ1v) is 11.4. The number of hydrogen-bond acceptors (Lipinski definition) is 9. The number of anilines is 1. The maximum atomic E-state index is 10.8. The molecule has 33 heavy (non-hydrogen) atoms. The van der Waals surface area contributed by atoms with Crippen molar-refractivity contribution >= 4 is 23.1 Å². The summed E-state index contributed by atoms with van der Waals surface area (Å²) in [6.07, 6.45) is 0. The Morgan fingerprint density at radius 2 is 1.64 bits per heavy atom. The summed E-state index contributed by atoms with van der Waals surface area (Å²) in [7, 11) is 1.92. The van der Waals surface area contributed by atoms with Crippen LogP contribution in [0, 0.1) is 10.1 Å². The molecule has 0 fully saturated rings. The van der Waals surface area contributed by atoms with Gasteiger partial charge >= 0.3 is 0 Å². The van der Waals surface area contributed by atoms with Crippen LogP contribution in [0.5, 0.6) is 0 Å². The quantitative estimate of drug-likeness (QED) is 0.199. The zero-order chi connectivity index (χ0) is 23.4. The van der Waals surface area contributed by atoms with Crippen LogP contribution >= 0.6 is 11.8 Å². The summed E-state index contributed by atoms with van der Waals surface area (Å²) in [5.74, 6) is 1.95. The summed E-state index contributed by atoms with van der Waals surface area (Å²) in [5, 5.41) is 28.3. The van der Waals surface area contributed by atoms with Gasteiger partial charge in [0.2, 0.25) is 11.8 Å². The molecule has 0 atom stereocenters. The van der Waals surface area contributed by atoms with Crippen molar-refractivity contribution in [3.8, 4) is 22.8 Å². The third kappa shape index (κ3) is 4.87. The molecule has 0 spiro atoms. The van der Waals surface area contributed by atoms with Crippen LogP contribution in [-0.2, 0) is 12.8 Å². The van der Waals surface area contributed by atoms with Crippen molar-refractivity contribution in [3.63, 3.8) is 0 Å². The molecule has 0 N–H and O–H groups in total. The molecule has 170 valence electrons. The molecule has 0 saturated carbocycles. The predicted molar refractivity (Wildman–Crippen MR) is 126 cm³/mol. The highest BCUT2D eigenvalue weighted by Gasteiger charge is 2.15. The van der Waals surface area contributed by atoms with Gasteiger partial charge in [-0.25, -0.2) is 0 Å². The van der Waals surface area contributed by atoms with Gasteiger partial charge in [0, 0.05) is 49.1 Å². The van der Waals surface area contributed by atoms with E-state index in [1.54, 1.807) is 12.1 Å². The van der Waals surface area contributed by atoms with Gasteiger partial charge < -0.3 is 13.9 Å². The molecule has 0 aliphatic carbocycles. The van der Waals surface area contributed by atoms with Gasteiger partial charge in [0.1, 0.15) is 0 Å². The van der Waals surface area contributed by atoms with Crippen LogP contribution in [0.1, 0.15) is 19.7 Å². The molecular formula is C22H23N7O3S. The molecule has 0 aliphatic heterocycles. The van der Waals surface area contributed by atoms with Crippen LogP contribution < -0.4 is 4.90 Å². The van der Waals surface area contributed by atoms with Gasteiger partial charge in [-0.05, 0) is 50.2 Å². The van der Waals surface area contributed by atoms with Crippen LogP contribution in [0.25, 0.3) is 22.8 Å². The summed E-state index contributed by atoms with van der Waals surface area (Å²) >= 11 is 1.44. The van der Waals surface area contributed by atoms with E-state index >= 15 is 0 Å². The van der Waals surface area contributed by atoms with E-state index in [-0.39, 0.29) is 5.69 Å². The number of nitrogens with zero attached hydrogens (tertiary/aromatic N) is 7. The van der Waals surface area contributed by atoms with Crippen molar-refractivity contribution in [2.75, 3.05) is 18.0 Å². The Bertz CT molecular complexity index is 1230. The molecule has 0 bridgehead atoms. The Balaban J connectivity index is 1.43. The second-order valence-electron chi connectivity index (χ2n) is 7.18. The van der Waals surface area contributed by atoms with E-state index in [1.807, 2.05) is 11.6 Å². The van der Waals surface area contributed by atoms with Gasteiger partial charge in [-0.3, -0.25) is 10.1 Å². The topological polar surface area (TPSA) is 116 Å². The minimum atomic E-state index is -0.450. The lowest BCUT2D eigenvalue weighted by atomic mass is 10.2. The van der Waals surface area contributed by atoms with Gasteiger partial charge in [0.05, 0.1) is 10.7 Å². The Morgan fingerprint density at radius 1 is 0.970 bits per heavy atom. The summed E-state index contributed by atoms with van der Waals surface area (Å²) in [4.78, 5) is 12.6. The van der Waals surface area contributed by atoms with Crippen molar-refractivity contribution in [1.82, 2.24) is 25.0 Å². The van der Waals surface area contributed by atoms with Gasteiger partial charge in [-0.1, -0.05) is 11.8 Å². The normalized spacial score (nSPS) is 11.0. The van der Waals surface area contributed by atoms with Crippen LogP contribution in [0.2, 0.25) is 0 Å². The number of non-ortho nitro benzene ring substituents is 1. The Labute approximate surface area is 194 Å². The SMILES string of the molecule is CCN(CC)c1ccc(-c2nnc(SCc3nnc(-c4ccc([N+](=O)[O-])cc4)o3)n2C)cc1. The minimum Gasteiger partial charge on any atom is -0.420 e. The van der Waals surface area contributed by atoms with E-state index in [9.17, 15) is 10.1 Å². The van der Waals surface area contributed by atoms with Gasteiger partial charge in [0.15, 0.2) is 11.0 Å². The fourth-order valence-corrected chi connectivity index (χ4v) is 4.13. The number of rotatable bonds is 9. The van der Waals surface area contributed by atoms with E-state index < -0.39 is 4.92 Å². The number of hydrogen-bond donors (Lipinski definition) is 0. The lowest BCUT2D eigenvalue weighted by Crippen LogP contribution is -2.21. The number of thioether (sulfide) groups is 1. The van der Waals surface area contributed by atoms with Crippen molar-refractivity contribution in [1.29, 1.82) is 0 Å². The smallest absolute Gasteiger partial charge is 0.269 e. The zero-order valence-electron chi connectivity index (χ0n) is 18.5. The predicted octanol–water partition coefficient (Wildman–Crippen LogP) is 4.58. The molecule has 2 aromatic heterocycles. The Kier molecular flexibility index (Phi) is 6.68. The molecule has 0 amide bonds. The largest absolute Gasteiger partial charge is 0.420 e. The van der Waals surface area contributed by atoms with E-state index in [1.165, 1.54) is 29.6 Å². The van der Waals surface area contributed by atoms with Gasteiger partial charge in [-0.2, -0.15) is 0 Å². The molecule has 2 aromatic carbocycles. The average Bonchev–Trinajstić information content (AvgIpc) is 3.46. The fourth-order valence-electron chi connectivity index (χ4n) is 3.38. The molecular weight excluding hydrogens is 442 g/mol. The number of benzene rings is 2. The highest BCUT2D eigenvalue weighted by molar-refractivity contribution is 7.98. The van der Waals surface area contributed by atoms with Crippen molar-refractivity contribution < 1.29 is 9.34 Å². The van der Waals surface area contributed by atoms with E-state index in [4.69, 9.17) is 4.42 Å². The third-order valence-electron chi connectivity index (χ3n) is 5.21. The first-order valence-electron chi connectivity index (χ1n) is 10.4. The zero-order valence-corrected chi connectivity index (χ0v) is 19.3. The molecule has 4 rings (SSSR count). The van der Waals surface area contributed by atoms with Crippen LogP contribution in [0.15, 0.2) is 58.1 Å². The third-order valence-corrected chi connectivity index (χ3v) is 6.21. The minimum absolute atomic E-state index is 0.00910. The highest BCUT2D eigenvalue weighted by atomic mass is 32.2. The summed E-state index contributed by atoms with van der Waals surface area (Å²) in [5.41, 5.74) is 2.81. The molecule has 4 aromatic rings. The van der Waals surface area contributed by atoms with Crippen molar-refractivity contribution in [2.45, 2.75) is 24.8 Å². The summed E-state index contributed by atoms with van der Waals surface area (Å²) < 4.78 is 7.64. The number of nitro groups is 1. The number of aromatic nitrogens is 5. The average molecular weight is 466 g/mol. The van der Waals surface area contributed by atoms with Crippen molar-refractivity contribution in [3.05, 3.63) is 64.5 Å². The second kappa shape index (κ2) is 9.82. The fraction of sp³-hybridized carbons (Fsp3) is 0.273. The maximum Gasteiger partial charge on any atom is 0.269 e. The Hall–Kier alpha value is -3.73. The lowest BCUT2D eigenvalue weighted by molar-refractivity contribution is -0.384. The molecule has 0 saturated heterocycles. The number of nitro benzene ring substituents is 1. The Morgan fingerprint density at radius 3 is 2.27 bits per heavy atom. The molecule has 10 nitrogen and oxygen atoms in total. The van der Waals surface area contributed by atoms with E-state index in [0.717, 1.165) is 29.6 Å². The van der Waals surface area contributed by atoms with Crippen LogP contribution in [0.4, 0.5) is 11.4 Å². The molecule has 0 aliphatic rings. The first kappa shape index (κ1) is 22.5. The van der Waals surface area contributed by atoms with E-state index in [2.05, 4.69) is 63.4 Å². The summed E-state index contributed by atoms with van der Waals surface area (Å²) in [6.45, 7) is 6.20. The first-order chi connectivity index (χ1) is 16.0.